The van der Waals surface area contributed by atoms with Crippen LogP contribution in [0.25, 0.3) is 22.3 Å². The third-order valence-electron chi connectivity index (χ3n) is 6.79. The Morgan fingerprint density at radius 3 is 2.71 bits per heavy atom. The third-order valence-corrected chi connectivity index (χ3v) is 6.79. The fourth-order valence-electron chi connectivity index (χ4n) is 4.79. The van der Waals surface area contributed by atoms with Crippen molar-refractivity contribution in [2.45, 2.75) is 56.8 Å². The summed E-state index contributed by atoms with van der Waals surface area (Å²) in [6.45, 7) is -1.97. The summed E-state index contributed by atoms with van der Waals surface area (Å²) in [5.74, 6) is 0.754. The SMILES string of the molecule is Nc1nc(NC2(c3ccn(C(F)F)n3)CCC2)nc(-c2ccc3cnn(C4CCCCO4)c3c2)n1. The maximum absolute atomic E-state index is 13.1. The number of nitrogens with zero attached hydrogens (tertiary/aromatic N) is 7. The lowest BCUT2D eigenvalue weighted by molar-refractivity contribution is -0.0366. The lowest BCUT2D eigenvalue weighted by atomic mass is 9.74. The van der Waals surface area contributed by atoms with Gasteiger partial charge < -0.3 is 15.8 Å². The highest BCUT2D eigenvalue weighted by atomic mass is 19.3. The number of ether oxygens (including phenoxy) is 1. The van der Waals surface area contributed by atoms with Crippen LogP contribution < -0.4 is 11.1 Å². The summed E-state index contributed by atoms with van der Waals surface area (Å²) < 4.78 is 34.6. The van der Waals surface area contributed by atoms with Gasteiger partial charge in [0.25, 0.3) is 0 Å². The average Bonchev–Trinajstić information content (AvgIpc) is 3.49. The number of nitrogens with two attached hydrogens (primary N) is 1. The molecule has 12 heteroatoms. The first-order chi connectivity index (χ1) is 17.0. The Labute approximate surface area is 199 Å². The van der Waals surface area contributed by atoms with E-state index in [9.17, 15) is 8.78 Å². The molecule has 0 amide bonds. The van der Waals surface area contributed by atoms with Crippen LogP contribution in [0.15, 0.2) is 36.7 Å². The van der Waals surface area contributed by atoms with Crippen molar-refractivity contribution in [3.05, 3.63) is 42.4 Å². The Morgan fingerprint density at radius 1 is 1.11 bits per heavy atom. The number of halogens is 2. The molecule has 0 spiro atoms. The molecule has 6 rings (SSSR count). The molecule has 4 heterocycles. The van der Waals surface area contributed by atoms with E-state index in [1.54, 1.807) is 6.07 Å². The number of rotatable bonds is 6. The van der Waals surface area contributed by atoms with Crippen LogP contribution in [0, 0.1) is 0 Å². The van der Waals surface area contributed by atoms with Gasteiger partial charge in [0, 0.05) is 23.8 Å². The van der Waals surface area contributed by atoms with Gasteiger partial charge in [-0.15, -0.1) is 0 Å². The van der Waals surface area contributed by atoms with Crippen LogP contribution in [0.2, 0.25) is 0 Å². The minimum Gasteiger partial charge on any atom is -0.368 e. The first kappa shape index (κ1) is 21.8. The first-order valence-electron chi connectivity index (χ1n) is 11.7. The summed E-state index contributed by atoms with van der Waals surface area (Å²) in [7, 11) is 0. The van der Waals surface area contributed by atoms with Gasteiger partial charge in [-0.05, 0) is 50.7 Å². The van der Waals surface area contributed by atoms with Crippen LogP contribution in [0.4, 0.5) is 20.7 Å². The number of nitrogen functional groups attached to an aromatic ring is 1. The fraction of sp³-hybridized carbons (Fsp3) is 0.435. The number of nitrogens with one attached hydrogen (secondary N) is 1. The number of benzene rings is 1. The normalized spacial score (nSPS) is 19.7. The molecule has 4 aromatic rings. The summed E-state index contributed by atoms with van der Waals surface area (Å²) >= 11 is 0. The predicted octanol–water partition coefficient (Wildman–Crippen LogP) is 4.25. The molecule has 3 aromatic heterocycles. The second-order valence-corrected chi connectivity index (χ2v) is 9.04. The Morgan fingerprint density at radius 2 is 2.00 bits per heavy atom. The van der Waals surface area contributed by atoms with Crippen LogP contribution in [-0.4, -0.2) is 41.1 Å². The maximum atomic E-state index is 13.1. The Hall–Kier alpha value is -3.67. The standard InChI is InChI=1S/C23H25F2N9O/c24-20(25)33-10-7-17(32-33)23(8-3-9-23)31-22-29-19(28-21(26)30-22)14-5-6-15-13-27-34(16(15)12-14)18-4-1-2-11-35-18/h5-7,10,12-13,18,20H,1-4,8-9,11H2,(H3,26,28,29,30,31). The van der Waals surface area contributed by atoms with Crippen LogP contribution in [0.5, 0.6) is 0 Å². The number of alkyl halides is 2. The van der Waals surface area contributed by atoms with Crippen LogP contribution in [0.1, 0.15) is 57.0 Å². The van der Waals surface area contributed by atoms with Crippen molar-refractivity contribution in [1.82, 2.24) is 34.5 Å². The van der Waals surface area contributed by atoms with E-state index in [-0.39, 0.29) is 18.1 Å². The van der Waals surface area contributed by atoms with Gasteiger partial charge in [0.05, 0.1) is 22.9 Å². The van der Waals surface area contributed by atoms with Gasteiger partial charge >= 0.3 is 6.55 Å². The molecule has 1 atom stereocenters. The molecule has 1 aliphatic carbocycles. The molecule has 1 unspecified atom stereocenters. The van der Waals surface area contributed by atoms with E-state index in [4.69, 9.17) is 10.5 Å². The van der Waals surface area contributed by atoms with Gasteiger partial charge in [-0.25, -0.2) is 9.36 Å². The van der Waals surface area contributed by atoms with Gasteiger partial charge in [-0.3, -0.25) is 0 Å². The molecule has 1 aliphatic heterocycles. The van der Waals surface area contributed by atoms with Crippen molar-refractivity contribution in [1.29, 1.82) is 0 Å². The lowest BCUT2D eigenvalue weighted by Crippen LogP contribution is -2.43. The zero-order valence-corrected chi connectivity index (χ0v) is 18.9. The monoisotopic (exact) mass is 481 g/mol. The molecular weight excluding hydrogens is 456 g/mol. The van der Waals surface area contributed by atoms with Crippen molar-refractivity contribution < 1.29 is 13.5 Å². The smallest absolute Gasteiger partial charge is 0.333 e. The van der Waals surface area contributed by atoms with Gasteiger partial charge in [-0.2, -0.15) is 33.9 Å². The van der Waals surface area contributed by atoms with Gasteiger partial charge in [0.15, 0.2) is 12.1 Å². The molecule has 1 saturated carbocycles. The Bertz CT molecular complexity index is 1360. The predicted molar refractivity (Wildman–Crippen MR) is 124 cm³/mol. The molecule has 0 radical (unpaired) electrons. The minimum atomic E-state index is -2.69. The van der Waals surface area contributed by atoms with E-state index in [1.165, 1.54) is 6.20 Å². The Kier molecular flexibility index (Phi) is 5.32. The summed E-state index contributed by atoms with van der Waals surface area (Å²) in [6.07, 6.45) is 8.47. The quantitative estimate of drug-likeness (QED) is 0.419. The highest BCUT2D eigenvalue weighted by Gasteiger charge is 2.42. The molecule has 1 saturated heterocycles. The van der Waals surface area contributed by atoms with E-state index in [2.05, 4.69) is 30.5 Å². The summed E-state index contributed by atoms with van der Waals surface area (Å²) in [5, 5.41) is 12.9. The van der Waals surface area contributed by atoms with E-state index in [0.717, 1.165) is 61.6 Å². The van der Waals surface area contributed by atoms with Crippen molar-refractivity contribution >= 4 is 22.8 Å². The second kappa shape index (κ2) is 8.52. The fourth-order valence-corrected chi connectivity index (χ4v) is 4.79. The molecule has 182 valence electrons. The zero-order chi connectivity index (χ0) is 24.0. The van der Waals surface area contributed by atoms with Crippen molar-refractivity contribution in [3.63, 3.8) is 0 Å². The highest BCUT2D eigenvalue weighted by Crippen LogP contribution is 2.43. The maximum Gasteiger partial charge on any atom is 0.333 e. The molecule has 35 heavy (non-hydrogen) atoms. The minimum absolute atomic E-state index is 0.0642. The van der Waals surface area contributed by atoms with Crippen LogP contribution in [-0.2, 0) is 10.3 Å². The van der Waals surface area contributed by atoms with Gasteiger partial charge in [0.2, 0.25) is 11.9 Å². The Balaban J connectivity index is 1.33. The molecule has 3 N–H and O–H groups in total. The van der Waals surface area contributed by atoms with Gasteiger partial charge in [0.1, 0.15) is 0 Å². The molecular formula is C23H25F2N9O. The largest absolute Gasteiger partial charge is 0.368 e. The van der Waals surface area contributed by atoms with E-state index in [1.807, 2.05) is 29.1 Å². The van der Waals surface area contributed by atoms with Crippen molar-refractivity contribution in [2.75, 3.05) is 17.7 Å². The van der Waals surface area contributed by atoms with Crippen LogP contribution in [0.3, 0.4) is 0 Å². The number of hydrogen-bond acceptors (Lipinski definition) is 8. The summed E-state index contributed by atoms with van der Waals surface area (Å²) in [4.78, 5) is 13.2. The van der Waals surface area contributed by atoms with E-state index >= 15 is 0 Å². The third kappa shape index (κ3) is 3.97. The summed E-state index contributed by atoms with van der Waals surface area (Å²) in [5.41, 5.74) is 7.64. The molecule has 2 aliphatic rings. The molecule has 10 nitrogen and oxygen atoms in total. The summed E-state index contributed by atoms with van der Waals surface area (Å²) in [6, 6.07) is 7.46. The lowest BCUT2D eigenvalue weighted by Gasteiger charge is -2.41. The zero-order valence-electron chi connectivity index (χ0n) is 18.9. The van der Waals surface area contributed by atoms with Crippen molar-refractivity contribution in [2.24, 2.45) is 0 Å². The number of aromatic nitrogens is 7. The highest BCUT2D eigenvalue weighted by molar-refractivity contribution is 5.83. The topological polar surface area (TPSA) is 122 Å². The number of fused-ring (bicyclic) bond motifs is 1. The number of anilines is 2. The van der Waals surface area contributed by atoms with E-state index < -0.39 is 12.1 Å². The first-order valence-corrected chi connectivity index (χ1v) is 11.7. The van der Waals surface area contributed by atoms with Gasteiger partial charge in [-0.1, -0.05) is 12.1 Å². The van der Waals surface area contributed by atoms with E-state index in [0.29, 0.717) is 16.2 Å². The van der Waals surface area contributed by atoms with Crippen LogP contribution >= 0.6 is 0 Å². The average molecular weight is 482 g/mol. The van der Waals surface area contributed by atoms with Crippen molar-refractivity contribution in [3.8, 4) is 11.4 Å². The number of hydrogen-bond donors (Lipinski definition) is 2. The molecule has 0 bridgehead atoms. The second-order valence-electron chi connectivity index (χ2n) is 9.04. The molecule has 2 fully saturated rings. The molecule has 1 aromatic carbocycles.